The Morgan fingerprint density at radius 3 is 2.53 bits per heavy atom. The van der Waals surface area contributed by atoms with E-state index in [4.69, 9.17) is 15.0 Å². The van der Waals surface area contributed by atoms with Gasteiger partial charge in [0, 0.05) is 6.42 Å². The van der Waals surface area contributed by atoms with Gasteiger partial charge in [0.15, 0.2) is 11.6 Å². The summed E-state index contributed by atoms with van der Waals surface area (Å²) in [6, 6.07) is 0. The predicted molar refractivity (Wildman–Crippen MR) is 110 cm³/mol. The molecule has 3 heterocycles. The molecule has 0 aromatic carbocycles. The first kappa shape index (κ1) is 24.8. The van der Waals surface area contributed by atoms with Crippen molar-refractivity contribution in [3.05, 3.63) is 12.7 Å². The van der Waals surface area contributed by atoms with Crippen molar-refractivity contribution in [1.82, 2.24) is 14.5 Å². The molecule has 1 fully saturated rings. The molecular formula is C18H31N5O8P+. The van der Waals surface area contributed by atoms with Crippen LogP contribution in [0, 0.1) is 0 Å². The molecule has 0 bridgehead atoms. The minimum Gasteiger partial charge on any atom is -0.388 e. The fourth-order valence-electron chi connectivity index (χ4n) is 3.53. The van der Waals surface area contributed by atoms with Gasteiger partial charge in [-0.25, -0.2) is 4.98 Å². The van der Waals surface area contributed by atoms with Gasteiger partial charge in [0.1, 0.15) is 18.5 Å². The summed E-state index contributed by atoms with van der Waals surface area (Å²) in [7, 11) is -4.44. The maximum atomic E-state index is 12.7. The molecule has 1 aliphatic heterocycles. The van der Waals surface area contributed by atoms with Crippen molar-refractivity contribution in [2.24, 2.45) is 0 Å². The van der Waals surface area contributed by atoms with Crippen molar-refractivity contribution in [2.45, 2.75) is 82.4 Å². The van der Waals surface area contributed by atoms with Crippen LogP contribution in [0.5, 0.6) is 0 Å². The summed E-state index contributed by atoms with van der Waals surface area (Å²) in [5.41, 5.74) is 4.93. The fourth-order valence-corrected chi connectivity index (χ4v) is 4.92. The minimum absolute atomic E-state index is 0.00158. The lowest BCUT2D eigenvalue weighted by atomic mass is 9.93. The largest absolute Gasteiger partial charge is 0.388 e. The number of rotatable bonds is 8. The number of hydrogen-bond acceptors (Lipinski definition) is 10. The van der Waals surface area contributed by atoms with Gasteiger partial charge in [-0.15, -0.1) is 0 Å². The number of anilines is 1. The number of aromatic nitrogens is 4. The second kappa shape index (κ2) is 8.49. The number of hydrogen-bond donors (Lipinski definition) is 6. The van der Waals surface area contributed by atoms with Crippen molar-refractivity contribution in [1.29, 1.82) is 0 Å². The van der Waals surface area contributed by atoms with Crippen LogP contribution in [-0.4, -0.2) is 69.2 Å². The molecule has 1 saturated heterocycles. The summed E-state index contributed by atoms with van der Waals surface area (Å²) in [4.78, 5) is 18.5. The fraction of sp³-hybridized carbons (Fsp3) is 0.722. The summed E-state index contributed by atoms with van der Waals surface area (Å²) < 4.78 is 26.1. The highest BCUT2D eigenvalue weighted by Gasteiger charge is 2.51. The first-order valence-corrected chi connectivity index (χ1v) is 11.8. The van der Waals surface area contributed by atoms with Crippen molar-refractivity contribution in [3.8, 4) is 0 Å². The molecule has 0 radical (unpaired) electrons. The van der Waals surface area contributed by atoms with E-state index >= 15 is 0 Å². The maximum Gasteiger partial charge on any atom is 0.359 e. The summed E-state index contributed by atoms with van der Waals surface area (Å²) in [5.74, 6) is -0.0630. The molecule has 0 amide bonds. The highest BCUT2D eigenvalue weighted by molar-refractivity contribution is 7.54. The second-order valence-electron chi connectivity index (χ2n) is 8.53. The lowest BCUT2D eigenvalue weighted by Gasteiger charge is -2.37. The molecule has 3 rings (SSSR count). The van der Waals surface area contributed by atoms with Crippen LogP contribution in [0.2, 0.25) is 0 Å². The van der Waals surface area contributed by atoms with Crippen LogP contribution in [0.3, 0.4) is 0 Å². The molecule has 0 spiro atoms. The number of aliphatic hydroxyl groups excluding tert-OH is 2. The van der Waals surface area contributed by atoms with Crippen LogP contribution in [-0.2, 0) is 13.8 Å². The van der Waals surface area contributed by atoms with E-state index in [1.807, 2.05) is 0 Å². The van der Waals surface area contributed by atoms with Gasteiger partial charge in [0.25, 0.3) is 12.1 Å². The van der Waals surface area contributed by atoms with E-state index in [-0.39, 0.29) is 36.2 Å². The zero-order chi connectivity index (χ0) is 24.1. The smallest absolute Gasteiger partial charge is 0.359 e. The maximum absolute atomic E-state index is 12.7. The van der Waals surface area contributed by atoms with Crippen molar-refractivity contribution in [3.63, 3.8) is 0 Å². The Bertz CT molecular complexity index is 1030. The highest BCUT2D eigenvalue weighted by atomic mass is 31.2. The topological polar surface area (TPSA) is 197 Å². The van der Waals surface area contributed by atoms with Crippen LogP contribution in [0.4, 0.5) is 5.82 Å². The number of nitrogens with zero attached hydrogens (tertiary/aromatic N) is 4. The highest BCUT2D eigenvalue weighted by Crippen LogP contribution is 2.59. The van der Waals surface area contributed by atoms with Gasteiger partial charge in [0.05, 0.1) is 11.7 Å². The number of nitrogens with two attached hydrogens (primary N) is 1. The predicted octanol–water partition coefficient (Wildman–Crippen LogP) is 0.0368. The summed E-state index contributed by atoms with van der Waals surface area (Å²) >= 11 is 0. The zero-order valence-electron chi connectivity index (χ0n) is 18.4. The molecule has 2 unspecified atom stereocenters. The van der Waals surface area contributed by atoms with Gasteiger partial charge in [-0.1, -0.05) is 23.6 Å². The van der Waals surface area contributed by atoms with E-state index < -0.39 is 43.1 Å². The third kappa shape index (κ3) is 4.21. The first-order chi connectivity index (χ1) is 14.8. The van der Waals surface area contributed by atoms with Gasteiger partial charge in [-0.2, -0.15) is 0 Å². The summed E-state index contributed by atoms with van der Waals surface area (Å²) in [5, 5.41) is 39.2. The molecule has 13 nitrogen and oxygen atoms in total. The number of nitrogen functional groups attached to an aromatic ring is 1. The standard InChI is InChI=1S/C18H30N5O8P/c1-5-17(3,31-32(28,29)18(4,26)6-2)7-10-12(24)13(25)16(30-10)22-8-20-11-14(19)23(27)9-21-15(11)22/h8-10,12-13,16,19,24-27H,5-7H2,1-4H3,(H,28,29)/p+1/t10-,12-,13-,16-,17?,18-/m1/s1. The molecule has 0 aliphatic carbocycles. The first-order valence-electron chi connectivity index (χ1n) is 10.3. The molecule has 7 atom stereocenters. The lowest BCUT2D eigenvalue weighted by Crippen LogP contribution is -2.40. The van der Waals surface area contributed by atoms with E-state index in [0.717, 1.165) is 6.33 Å². The summed E-state index contributed by atoms with van der Waals surface area (Å²) in [6.07, 6.45) is -2.16. The molecule has 14 heteroatoms. The Morgan fingerprint density at radius 1 is 1.28 bits per heavy atom. The third-order valence-electron chi connectivity index (χ3n) is 6.16. The lowest BCUT2D eigenvalue weighted by molar-refractivity contribution is -0.894. The Kier molecular flexibility index (Phi) is 6.57. The van der Waals surface area contributed by atoms with Crippen molar-refractivity contribution < 1.29 is 44.0 Å². The Balaban J connectivity index is 1.85. The minimum atomic E-state index is -4.44. The third-order valence-corrected chi connectivity index (χ3v) is 8.38. The van der Waals surface area contributed by atoms with Crippen LogP contribution < -0.4 is 10.5 Å². The van der Waals surface area contributed by atoms with Crippen molar-refractivity contribution >= 4 is 24.6 Å². The SMILES string of the molecule is CCC(C)(C[C@H]1O[C@@H](n2cnc3c(N)[n+](O)cnc32)[C@H](O)[C@@H]1O)OP(=O)(O)[C@@](C)(O)CC. The molecule has 2 aromatic heterocycles. The quantitative estimate of drug-likeness (QED) is 0.171. The zero-order valence-corrected chi connectivity index (χ0v) is 19.3. The number of aliphatic hydroxyl groups is 3. The van der Waals surface area contributed by atoms with Gasteiger partial charge >= 0.3 is 7.60 Å². The molecule has 1 aliphatic rings. The van der Waals surface area contributed by atoms with Crippen LogP contribution in [0.25, 0.3) is 11.2 Å². The van der Waals surface area contributed by atoms with Crippen molar-refractivity contribution in [2.75, 3.05) is 5.73 Å². The van der Waals surface area contributed by atoms with E-state index in [1.54, 1.807) is 20.8 Å². The van der Waals surface area contributed by atoms with Gasteiger partial charge < -0.3 is 40.4 Å². The number of fused-ring (bicyclic) bond motifs is 1. The average molecular weight is 476 g/mol. The van der Waals surface area contributed by atoms with Gasteiger partial charge in [-0.05, 0) is 26.7 Å². The van der Waals surface area contributed by atoms with E-state index in [1.165, 1.54) is 17.8 Å². The van der Waals surface area contributed by atoms with Crippen LogP contribution in [0.15, 0.2) is 12.7 Å². The molecule has 7 N–H and O–H groups in total. The van der Waals surface area contributed by atoms with E-state index in [9.17, 15) is 30.0 Å². The number of imidazole rings is 1. The molecule has 180 valence electrons. The second-order valence-corrected chi connectivity index (χ2v) is 10.7. The number of ether oxygens (including phenoxy) is 1. The molecule has 0 saturated carbocycles. The Hall–Kier alpha value is -1.86. The van der Waals surface area contributed by atoms with Gasteiger partial charge in [-0.3, -0.25) is 9.13 Å². The van der Waals surface area contributed by atoms with Crippen LogP contribution >= 0.6 is 7.60 Å². The molecule has 2 aromatic rings. The average Bonchev–Trinajstić information content (AvgIpc) is 3.27. The molecule has 32 heavy (non-hydrogen) atoms. The Morgan fingerprint density at radius 2 is 1.94 bits per heavy atom. The molecular weight excluding hydrogens is 445 g/mol. The summed E-state index contributed by atoms with van der Waals surface area (Å²) in [6.45, 7) is 6.10. The van der Waals surface area contributed by atoms with E-state index in [0.29, 0.717) is 4.73 Å². The Labute approximate surface area is 184 Å². The normalized spacial score (nSPS) is 29.5. The van der Waals surface area contributed by atoms with Gasteiger partial charge in [0.2, 0.25) is 11.2 Å². The monoisotopic (exact) mass is 476 g/mol. The van der Waals surface area contributed by atoms with Crippen LogP contribution in [0.1, 0.15) is 53.2 Å². The van der Waals surface area contributed by atoms with E-state index in [2.05, 4.69) is 9.97 Å².